The van der Waals surface area contributed by atoms with E-state index in [2.05, 4.69) is 0 Å². The van der Waals surface area contributed by atoms with Gasteiger partial charge in [0.1, 0.15) is 18.4 Å². The first-order chi connectivity index (χ1) is 6.63. The SMILES string of the molecule is CC(O)COc1ccc(C#N)c(Cl)c1. The molecule has 1 unspecified atom stereocenters. The molecule has 0 heterocycles. The van der Waals surface area contributed by atoms with Crippen molar-refractivity contribution in [1.82, 2.24) is 0 Å². The van der Waals surface area contributed by atoms with Crippen molar-refractivity contribution in [2.45, 2.75) is 13.0 Å². The van der Waals surface area contributed by atoms with Gasteiger partial charge >= 0.3 is 0 Å². The van der Waals surface area contributed by atoms with E-state index in [1.54, 1.807) is 25.1 Å². The van der Waals surface area contributed by atoms with Gasteiger partial charge in [0.15, 0.2) is 0 Å². The van der Waals surface area contributed by atoms with Crippen molar-refractivity contribution in [3.05, 3.63) is 28.8 Å². The van der Waals surface area contributed by atoms with Gasteiger partial charge in [-0.15, -0.1) is 0 Å². The lowest BCUT2D eigenvalue weighted by Crippen LogP contribution is -2.12. The Morgan fingerprint density at radius 2 is 2.36 bits per heavy atom. The van der Waals surface area contributed by atoms with Gasteiger partial charge in [0.2, 0.25) is 0 Å². The third-order valence-electron chi connectivity index (χ3n) is 1.55. The molecule has 1 atom stereocenters. The fraction of sp³-hybridized carbons (Fsp3) is 0.300. The van der Waals surface area contributed by atoms with E-state index in [0.29, 0.717) is 16.3 Å². The molecule has 14 heavy (non-hydrogen) atoms. The van der Waals surface area contributed by atoms with Crippen LogP contribution in [0, 0.1) is 11.3 Å². The van der Waals surface area contributed by atoms with Crippen molar-refractivity contribution in [2.24, 2.45) is 0 Å². The second-order valence-electron chi connectivity index (χ2n) is 2.91. The lowest BCUT2D eigenvalue weighted by atomic mass is 10.2. The van der Waals surface area contributed by atoms with Gasteiger partial charge in [-0.05, 0) is 19.1 Å². The zero-order valence-electron chi connectivity index (χ0n) is 7.70. The maximum absolute atomic E-state index is 8.97. The Morgan fingerprint density at radius 3 is 2.86 bits per heavy atom. The molecular formula is C10H10ClNO2. The summed E-state index contributed by atoms with van der Waals surface area (Å²) in [6, 6.07) is 6.74. The Balaban J connectivity index is 2.73. The highest BCUT2D eigenvalue weighted by molar-refractivity contribution is 6.31. The highest BCUT2D eigenvalue weighted by Crippen LogP contribution is 2.21. The normalized spacial score (nSPS) is 11.9. The fourth-order valence-electron chi connectivity index (χ4n) is 0.893. The predicted molar refractivity (Wildman–Crippen MR) is 53.3 cm³/mol. The van der Waals surface area contributed by atoms with Crippen molar-refractivity contribution in [1.29, 1.82) is 5.26 Å². The summed E-state index contributed by atoms with van der Waals surface area (Å²) in [7, 11) is 0. The number of nitriles is 1. The van der Waals surface area contributed by atoms with Crippen molar-refractivity contribution < 1.29 is 9.84 Å². The van der Waals surface area contributed by atoms with Crippen LogP contribution in [0.2, 0.25) is 5.02 Å². The number of hydrogen-bond donors (Lipinski definition) is 1. The number of aliphatic hydroxyl groups excluding tert-OH is 1. The van der Waals surface area contributed by atoms with E-state index in [0.717, 1.165) is 0 Å². The van der Waals surface area contributed by atoms with Crippen LogP contribution in [0.25, 0.3) is 0 Å². The Labute approximate surface area is 87.5 Å². The van der Waals surface area contributed by atoms with Gasteiger partial charge in [0.05, 0.1) is 16.7 Å². The molecule has 4 heteroatoms. The van der Waals surface area contributed by atoms with Gasteiger partial charge in [-0.3, -0.25) is 0 Å². The van der Waals surface area contributed by atoms with E-state index in [-0.39, 0.29) is 6.61 Å². The molecule has 0 aromatic heterocycles. The number of halogens is 1. The van der Waals surface area contributed by atoms with Crippen LogP contribution in [-0.2, 0) is 0 Å². The molecule has 0 aliphatic rings. The molecule has 0 aliphatic carbocycles. The average molecular weight is 212 g/mol. The molecule has 0 saturated carbocycles. The lowest BCUT2D eigenvalue weighted by molar-refractivity contribution is 0.123. The van der Waals surface area contributed by atoms with Crippen LogP contribution in [0.1, 0.15) is 12.5 Å². The van der Waals surface area contributed by atoms with Gasteiger partial charge in [0, 0.05) is 6.07 Å². The molecule has 1 rings (SSSR count). The van der Waals surface area contributed by atoms with Crippen molar-refractivity contribution in [3.8, 4) is 11.8 Å². The molecule has 0 radical (unpaired) electrons. The Bertz CT molecular complexity index is 358. The fourth-order valence-corrected chi connectivity index (χ4v) is 1.11. The topological polar surface area (TPSA) is 53.2 Å². The van der Waals surface area contributed by atoms with Gasteiger partial charge < -0.3 is 9.84 Å². The third kappa shape index (κ3) is 2.91. The number of ether oxygens (including phenoxy) is 1. The minimum Gasteiger partial charge on any atom is -0.491 e. The second-order valence-corrected chi connectivity index (χ2v) is 3.32. The highest BCUT2D eigenvalue weighted by Gasteiger charge is 2.02. The summed E-state index contributed by atoms with van der Waals surface area (Å²) in [5.41, 5.74) is 0.413. The summed E-state index contributed by atoms with van der Waals surface area (Å²) in [4.78, 5) is 0. The van der Waals surface area contributed by atoms with Crippen molar-refractivity contribution in [2.75, 3.05) is 6.61 Å². The summed E-state index contributed by atoms with van der Waals surface area (Å²) < 4.78 is 5.20. The summed E-state index contributed by atoms with van der Waals surface area (Å²) in [6.07, 6.45) is -0.524. The number of benzene rings is 1. The van der Waals surface area contributed by atoms with Crippen LogP contribution in [0.3, 0.4) is 0 Å². The van der Waals surface area contributed by atoms with Crippen LogP contribution < -0.4 is 4.74 Å². The maximum atomic E-state index is 8.97. The minimum atomic E-state index is -0.524. The minimum absolute atomic E-state index is 0.211. The zero-order valence-corrected chi connectivity index (χ0v) is 8.45. The highest BCUT2D eigenvalue weighted by atomic mass is 35.5. The predicted octanol–water partition coefficient (Wildman–Crippen LogP) is 1.97. The summed E-state index contributed by atoms with van der Waals surface area (Å²) in [6.45, 7) is 1.84. The molecular weight excluding hydrogens is 202 g/mol. The Morgan fingerprint density at radius 1 is 1.64 bits per heavy atom. The molecule has 0 amide bonds. The maximum Gasteiger partial charge on any atom is 0.121 e. The number of nitrogens with zero attached hydrogens (tertiary/aromatic N) is 1. The largest absolute Gasteiger partial charge is 0.491 e. The first-order valence-corrected chi connectivity index (χ1v) is 4.52. The van der Waals surface area contributed by atoms with E-state index >= 15 is 0 Å². The monoisotopic (exact) mass is 211 g/mol. The van der Waals surface area contributed by atoms with Crippen LogP contribution in [0.15, 0.2) is 18.2 Å². The lowest BCUT2D eigenvalue weighted by Gasteiger charge is -2.08. The average Bonchev–Trinajstić information content (AvgIpc) is 2.15. The zero-order chi connectivity index (χ0) is 10.6. The number of rotatable bonds is 3. The van der Waals surface area contributed by atoms with E-state index in [4.69, 9.17) is 26.7 Å². The molecule has 0 bridgehead atoms. The number of aliphatic hydroxyl groups is 1. The molecule has 74 valence electrons. The standard InChI is InChI=1S/C10H10ClNO2/c1-7(13)6-14-9-3-2-8(5-12)10(11)4-9/h2-4,7,13H,6H2,1H3. The molecule has 0 spiro atoms. The molecule has 0 saturated heterocycles. The molecule has 1 aromatic carbocycles. The molecule has 3 nitrogen and oxygen atoms in total. The first-order valence-electron chi connectivity index (χ1n) is 4.14. The Kier molecular flexibility index (Phi) is 3.75. The summed E-state index contributed by atoms with van der Waals surface area (Å²) in [5.74, 6) is 0.551. The van der Waals surface area contributed by atoms with E-state index in [1.807, 2.05) is 6.07 Å². The van der Waals surface area contributed by atoms with Crippen molar-refractivity contribution >= 4 is 11.6 Å². The van der Waals surface area contributed by atoms with Crippen LogP contribution in [0.5, 0.6) is 5.75 Å². The summed E-state index contributed by atoms with van der Waals surface area (Å²) in [5, 5.41) is 17.9. The van der Waals surface area contributed by atoms with Gasteiger partial charge in [-0.1, -0.05) is 11.6 Å². The van der Waals surface area contributed by atoms with Crippen LogP contribution in [0.4, 0.5) is 0 Å². The van der Waals surface area contributed by atoms with Crippen LogP contribution in [-0.4, -0.2) is 17.8 Å². The molecule has 1 aromatic rings. The van der Waals surface area contributed by atoms with Crippen LogP contribution >= 0.6 is 11.6 Å². The number of hydrogen-bond acceptors (Lipinski definition) is 3. The molecule has 0 aliphatic heterocycles. The van der Waals surface area contributed by atoms with Gasteiger partial charge in [-0.25, -0.2) is 0 Å². The molecule has 0 fully saturated rings. The van der Waals surface area contributed by atoms with Crippen molar-refractivity contribution in [3.63, 3.8) is 0 Å². The quantitative estimate of drug-likeness (QED) is 0.832. The van der Waals surface area contributed by atoms with E-state index in [1.165, 1.54) is 0 Å². The van der Waals surface area contributed by atoms with E-state index in [9.17, 15) is 0 Å². The smallest absolute Gasteiger partial charge is 0.121 e. The second kappa shape index (κ2) is 4.85. The van der Waals surface area contributed by atoms with E-state index < -0.39 is 6.10 Å². The van der Waals surface area contributed by atoms with Gasteiger partial charge in [0.25, 0.3) is 0 Å². The molecule has 1 N–H and O–H groups in total. The first kappa shape index (κ1) is 10.8. The third-order valence-corrected chi connectivity index (χ3v) is 1.86. The Hall–Kier alpha value is -1.24. The summed E-state index contributed by atoms with van der Waals surface area (Å²) >= 11 is 5.78. The van der Waals surface area contributed by atoms with Gasteiger partial charge in [-0.2, -0.15) is 5.26 Å².